The molecule has 0 radical (unpaired) electrons. The van der Waals surface area contributed by atoms with Crippen LogP contribution in [0.3, 0.4) is 0 Å². The summed E-state index contributed by atoms with van der Waals surface area (Å²) in [5, 5.41) is 0.703. The van der Waals surface area contributed by atoms with Gasteiger partial charge in [-0.1, -0.05) is 11.6 Å². The second kappa shape index (κ2) is 5.43. The van der Waals surface area contributed by atoms with Crippen molar-refractivity contribution < 1.29 is 4.21 Å². The molecule has 0 bridgehead atoms. The first kappa shape index (κ1) is 13.4. The van der Waals surface area contributed by atoms with E-state index in [0.717, 1.165) is 41.2 Å². The zero-order valence-corrected chi connectivity index (χ0v) is 12.6. The number of nitrogens with zero attached hydrogens (tertiary/aromatic N) is 2. The molecule has 1 aliphatic rings. The molecule has 0 N–H and O–H groups in total. The predicted octanol–water partition coefficient (Wildman–Crippen LogP) is 3.51. The molecule has 102 valence electrons. The summed E-state index contributed by atoms with van der Waals surface area (Å²) in [6, 6.07) is 6.03. The van der Waals surface area contributed by atoms with Crippen molar-refractivity contribution in [1.82, 2.24) is 9.55 Å². The Bertz CT molecular complexity index is 631. The number of alkyl halides is 1. The van der Waals surface area contributed by atoms with Crippen molar-refractivity contribution in [3.63, 3.8) is 0 Å². The van der Waals surface area contributed by atoms with Gasteiger partial charge in [0.15, 0.2) is 0 Å². The number of hydrogen-bond donors (Lipinski definition) is 0. The number of benzene rings is 1. The van der Waals surface area contributed by atoms with E-state index in [1.807, 2.05) is 18.2 Å². The fraction of sp³-hybridized carbons (Fsp3) is 0.462. The summed E-state index contributed by atoms with van der Waals surface area (Å²) < 4.78 is 13.7. The molecule has 2 aromatic rings. The van der Waals surface area contributed by atoms with Crippen molar-refractivity contribution in [1.29, 1.82) is 0 Å². The van der Waals surface area contributed by atoms with E-state index >= 15 is 0 Å². The smallest absolute Gasteiger partial charge is 0.125 e. The van der Waals surface area contributed by atoms with Gasteiger partial charge in [-0.3, -0.25) is 4.21 Å². The summed E-state index contributed by atoms with van der Waals surface area (Å²) >= 11 is 12.1. The Morgan fingerprint density at radius 2 is 2.11 bits per heavy atom. The van der Waals surface area contributed by atoms with Crippen molar-refractivity contribution in [3.05, 3.63) is 29.0 Å². The molecule has 0 amide bonds. The van der Waals surface area contributed by atoms with Crippen LogP contribution in [0, 0.1) is 0 Å². The highest BCUT2D eigenvalue weighted by atomic mass is 35.5. The lowest BCUT2D eigenvalue weighted by atomic mass is 10.1. The maximum absolute atomic E-state index is 11.5. The molecule has 19 heavy (non-hydrogen) atoms. The Hall–Kier alpha value is -0.580. The minimum Gasteiger partial charge on any atom is -0.324 e. The molecule has 0 spiro atoms. The van der Waals surface area contributed by atoms with E-state index < -0.39 is 10.8 Å². The van der Waals surface area contributed by atoms with Crippen molar-refractivity contribution in [2.24, 2.45) is 0 Å². The van der Waals surface area contributed by atoms with E-state index in [-0.39, 0.29) is 0 Å². The van der Waals surface area contributed by atoms with Crippen LogP contribution < -0.4 is 0 Å². The molecule has 0 unspecified atom stereocenters. The molecule has 1 aromatic heterocycles. The highest BCUT2D eigenvalue weighted by Gasteiger charge is 2.23. The van der Waals surface area contributed by atoms with Gasteiger partial charge in [-0.15, -0.1) is 11.6 Å². The minimum atomic E-state index is -0.662. The first-order valence-electron chi connectivity index (χ1n) is 6.26. The largest absolute Gasteiger partial charge is 0.324 e. The number of aromatic nitrogens is 2. The van der Waals surface area contributed by atoms with Crippen molar-refractivity contribution in [3.8, 4) is 0 Å². The van der Waals surface area contributed by atoms with Gasteiger partial charge in [-0.05, 0) is 31.0 Å². The summed E-state index contributed by atoms with van der Waals surface area (Å²) in [5.74, 6) is 2.77. The van der Waals surface area contributed by atoms with Crippen LogP contribution >= 0.6 is 23.2 Å². The molecular weight excluding hydrogens is 303 g/mol. The zero-order valence-electron chi connectivity index (χ0n) is 10.3. The molecule has 1 aromatic carbocycles. The van der Waals surface area contributed by atoms with Crippen molar-refractivity contribution in [2.45, 2.75) is 24.8 Å². The standard InChI is InChI=1S/C13H14Cl2N2OS/c14-8-13-16-11-2-1-9(15)7-12(11)17(13)10-3-5-19(18)6-4-10/h1-2,7,10H,3-6,8H2. The van der Waals surface area contributed by atoms with Gasteiger partial charge in [0.2, 0.25) is 0 Å². The summed E-state index contributed by atoms with van der Waals surface area (Å²) in [7, 11) is -0.662. The molecule has 3 nitrogen and oxygen atoms in total. The lowest BCUT2D eigenvalue weighted by molar-refractivity contribution is 0.462. The van der Waals surface area contributed by atoms with E-state index in [0.29, 0.717) is 16.9 Å². The van der Waals surface area contributed by atoms with Gasteiger partial charge in [0, 0.05) is 33.4 Å². The SMILES string of the molecule is O=S1CCC(n2c(CCl)nc3ccc(Cl)cc32)CC1. The first-order valence-corrected chi connectivity index (χ1v) is 8.66. The van der Waals surface area contributed by atoms with Crippen LogP contribution in [0.4, 0.5) is 0 Å². The van der Waals surface area contributed by atoms with Gasteiger partial charge in [0.25, 0.3) is 0 Å². The number of halogens is 2. The zero-order chi connectivity index (χ0) is 13.4. The summed E-state index contributed by atoms with van der Waals surface area (Å²) in [4.78, 5) is 4.56. The third-order valence-electron chi connectivity index (χ3n) is 3.57. The van der Waals surface area contributed by atoms with Crippen LogP contribution in [-0.4, -0.2) is 25.3 Å². The molecule has 1 fully saturated rings. The minimum absolute atomic E-state index is 0.329. The molecule has 2 heterocycles. The van der Waals surface area contributed by atoms with E-state index in [4.69, 9.17) is 23.2 Å². The predicted molar refractivity (Wildman–Crippen MR) is 80.4 cm³/mol. The van der Waals surface area contributed by atoms with Crippen LogP contribution in [0.5, 0.6) is 0 Å². The Morgan fingerprint density at radius 3 is 2.79 bits per heavy atom. The van der Waals surface area contributed by atoms with Crippen LogP contribution in [0.1, 0.15) is 24.7 Å². The lowest BCUT2D eigenvalue weighted by Crippen LogP contribution is -2.22. The quantitative estimate of drug-likeness (QED) is 0.795. The Kier molecular flexibility index (Phi) is 3.83. The van der Waals surface area contributed by atoms with Gasteiger partial charge in [-0.25, -0.2) is 4.98 Å². The Labute approximate surface area is 124 Å². The van der Waals surface area contributed by atoms with E-state index in [2.05, 4.69) is 9.55 Å². The second-order valence-corrected chi connectivity index (χ2v) is 7.14. The Morgan fingerprint density at radius 1 is 1.37 bits per heavy atom. The topological polar surface area (TPSA) is 34.9 Å². The summed E-state index contributed by atoms with van der Waals surface area (Å²) in [6.45, 7) is 0. The van der Waals surface area contributed by atoms with Crippen LogP contribution in [0.15, 0.2) is 18.2 Å². The van der Waals surface area contributed by atoms with Crippen molar-refractivity contribution in [2.75, 3.05) is 11.5 Å². The lowest BCUT2D eigenvalue weighted by Gasteiger charge is -2.25. The van der Waals surface area contributed by atoms with Crippen molar-refractivity contribution >= 4 is 45.0 Å². The maximum atomic E-state index is 11.5. The second-order valence-electron chi connectivity index (χ2n) is 4.74. The molecule has 3 rings (SSSR count). The molecule has 6 heteroatoms. The third-order valence-corrected chi connectivity index (χ3v) is 5.42. The van der Waals surface area contributed by atoms with E-state index in [1.54, 1.807) is 0 Å². The fourth-order valence-electron chi connectivity index (χ4n) is 2.66. The number of imidazole rings is 1. The molecular formula is C13H14Cl2N2OS. The maximum Gasteiger partial charge on any atom is 0.125 e. The first-order chi connectivity index (χ1) is 9.19. The normalized spacial score (nSPS) is 23.9. The summed E-state index contributed by atoms with van der Waals surface area (Å²) in [5.41, 5.74) is 1.95. The molecule has 0 aliphatic carbocycles. The fourth-order valence-corrected chi connectivity index (χ4v) is 4.29. The monoisotopic (exact) mass is 316 g/mol. The highest BCUT2D eigenvalue weighted by molar-refractivity contribution is 7.85. The molecule has 1 saturated heterocycles. The van der Waals surface area contributed by atoms with Crippen LogP contribution in [-0.2, 0) is 16.7 Å². The van der Waals surface area contributed by atoms with Gasteiger partial charge < -0.3 is 4.57 Å². The van der Waals surface area contributed by atoms with Gasteiger partial charge in [0.1, 0.15) is 5.82 Å². The average Bonchev–Trinajstić information content (AvgIpc) is 2.77. The number of rotatable bonds is 2. The molecule has 0 atom stereocenters. The van der Waals surface area contributed by atoms with E-state index in [9.17, 15) is 4.21 Å². The van der Waals surface area contributed by atoms with E-state index in [1.165, 1.54) is 0 Å². The van der Waals surface area contributed by atoms with Gasteiger partial charge in [-0.2, -0.15) is 0 Å². The van der Waals surface area contributed by atoms with Crippen LogP contribution in [0.2, 0.25) is 5.02 Å². The molecule has 1 aliphatic heterocycles. The van der Waals surface area contributed by atoms with Gasteiger partial charge >= 0.3 is 0 Å². The highest BCUT2D eigenvalue weighted by Crippen LogP contribution is 2.30. The third kappa shape index (κ3) is 2.54. The van der Waals surface area contributed by atoms with Gasteiger partial charge in [0.05, 0.1) is 16.9 Å². The molecule has 0 saturated carbocycles. The number of hydrogen-bond acceptors (Lipinski definition) is 2. The van der Waals surface area contributed by atoms with Crippen LogP contribution in [0.25, 0.3) is 11.0 Å². The Balaban J connectivity index is 2.09. The summed E-state index contributed by atoms with van der Waals surface area (Å²) in [6.07, 6.45) is 1.82. The average molecular weight is 317 g/mol. The number of fused-ring (bicyclic) bond motifs is 1.